The van der Waals surface area contributed by atoms with E-state index < -0.39 is 0 Å². The first-order chi connectivity index (χ1) is 6.45. The molecular formula is C11H17NO2. The quantitative estimate of drug-likeness (QED) is 0.681. The topological polar surface area (TPSA) is 46.2 Å². The summed E-state index contributed by atoms with van der Waals surface area (Å²) in [6, 6.07) is 0. The van der Waals surface area contributed by atoms with Crippen molar-refractivity contribution in [3.05, 3.63) is 11.8 Å². The molecule has 1 aliphatic carbocycles. The summed E-state index contributed by atoms with van der Waals surface area (Å²) in [6.07, 6.45) is 4.62. The fourth-order valence-electron chi connectivity index (χ4n) is 1.69. The van der Waals surface area contributed by atoms with Gasteiger partial charge in [0.25, 0.3) is 0 Å². The molecule has 78 valence electrons. The lowest BCUT2D eigenvalue weighted by Crippen LogP contribution is -2.33. The Morgan fingerprint density at radius 3 is 2.79 bits per heavy atom. The number of amides is 1. The van der Waals surface area contributed by atoms with Crippen molar-refractivity contribution in [2.75, 3.05) is 0 Å². The number of rotatable bonds is 2. The molecule has 1 atom stereocenters. The highest BCUT2D eigenvalue weighted by Crippen LogP contribution is 2.36. The van der Waals surface area contributed by atoms with Crippen molar-refractivity contribution < 1.29 is 9.59 Å². The first-order valence-corrected chi connectivity index (χ1v) is 4.91. The lowest BCUT2D eigenvalue weighted by atomic mass is 9.76. The zero-order valence-electron chi connectivity index (χ0n) is 8.96. The minimum Gasteiger partial charge on any atom is -0.330 e. The lowest BCUT2D eigenvalue weighted by molar-refractivity contribution is -0.118. The molecule has 0 heterocycles. The van der Waals surface area contributed by atoms with Crippen molar-refractivity contribution in [3.8, 4) is 0 Å². The Kier molecular flexibility index (Phi) is 3.09. The van der Waals surface area contributed by atoms with Crippen LogP contribution in [0.15, 0.2) is 11.8 Å². The molecule has 3 heteroatoms. The van der Waals surface area contributed by atoms with Gasteiger partial charge in [-0.25, -0.2) is 0 Å². The van der Waals surface area contributed by atoms with Gasteiger partial charge in [0.05, 0.1) is 0 Å². The minimum absolute atomic E-state index is 0.0226. The largest absolute Gasteiger partial charge is 0.330 e. The van der Waals surface area contributed by atoms with Gasteiger partial charge in [-0.05, 0) is 12.8 Å². The Morgan fingerprint density at radius 1 is 1.64 bits per heavy atom. The van der Waals surface area contributed by atoms with Crippen molar-refractivity contribution in [2.45, 2.75) is 33.6 Å². The molecule has 3 nitrogen and oxygen atoms in total. The van der Waals surface area contributed by atoms with Crippen LogP contribution < -0.4 is 5.32 Å². The Labute approximate surface area is 84.6 Å². The van der Waals surface area contributed by atoms with Crippen LogP contribution in [0.5, 0.6) is 0 Å². The molecular weight excluding hydrogens is 178 g/mol. The van der Waals surface area contributed by atoms with Crippen molar-refractivity contribution >= 4 is 12.2 Å². The molecule has 0 saturated carbocycles. The van der Waals surface area contributed by atoms with Gasteiger partial charge >= 0.3 is 0 Å². The molecule has 0 aliphatic heterocycles. The number of aldehydes is 1. The van der Waals surface area contributed by atoms with E-state index in [0.717, 1.165) is 24.8 Å². The standard InChI is InChI=1S/C11H17NO2/c1-8(14)12-10-6-9(7-13)4-5-11(10,2)3/h6-7,9H,4-5H2,1-3H3,(H,12,14). The van der Waals surface area contributed by atoms with Gasteiger partial charge in [-0.2, -0.15) is 0 Å². The van der Waals surface area contributed by atoms with Gasteiger partial charge in [-0.3, -0.25) is 4.79 Å². The Balaban J connectivity index is 2.87. The number of hydrogen-bond acceptors (Lipinski definition) is 2. The first-order valence-electron chi connectivity index (χ1n) is 4.91. The monoisotopic (exact) mass is 195 g/mol. The molecule has 0 aromatic carbocycles. The zero-order valence-corrected chi connectivity index (χ0v) is 8.96. The van der Waals surface area contributed by atoms with Gasteiger partial charge in [-0.15, -0.1) is 0 Å². The summed E-state index contributed by atoms with van der Waals surface area (Å²) in [5.41, 5.74) is 0.860. The molecule has 0 aromatic rings. The molecule has 1 amide bonds. The minimum atomic E-state index is -0.0733. The molecule has 1 N–H and O–H groups in total. The van der Waals surface area contributed by atoms with E-state index in [4.69, 9.17) is 0 Å². The van der Waals surface area contributed by atoms with Gasteiger partial charge < -0.3 is 10.1 Å². The van der Waals surface area contributed by atoms with Crippen LogP contribution in [0.1, 0.15) is 33.6 Å². The van der Waals surface area contributed by atoms with E-state index in [0.29, 0.717) is 0 Å². The fraction of sp³-hybridized carbons (Fsp3) is 0.636. The van der Waals surface area contributed by atoms with Crippen LogP contribution in [-0.4, -0.2) is 12.2 Å². The maximum Gasteiger partial charge on any atom is 0.221 e. The highest BCUT2D eigenvalue weighted by molar-refractivity contribution is 5.75. The third kappa shape index (κ3) is 2.44. The highest BCUT2D eigenvalue weighted by atomic mass is 16.1. The number of allylic oxidation sites excluding steroid dienone is 2. The molecule has 14 heavy (non-hydrogen) atoms. The summed E-state index contributed by atoms with van der Waals surface area (Å²) in [4.78, 5) is 21.6. The average molecular weight is 195 g/mol. The van der Waals surface area contributed by atoms with Crippen LogP contribution in [0.25, 0.3) is 0 Å². The third-order valence-electron chi connectivity index (χ3n) is 2.70. The number of carbonyl (C=O) groups excluding carboxylic acids is 2. The summed E-state index contributed by atoms with van der Waals surface area (Å²) in [7, 11) is 0. The van der Waals surface area contributed by atoms with Crippen molar-refractivity contribution in [3.63, 3.8) is 0 Å². The second-order valence-corrected chi connectivity index (χ2v) is 4.48. The summed E-state index contributed by atoms with van der Waals surface area (Å²) in [5, 5.41) is 2.80. The molecule has 1 aliphatic rings. The number of hydrogen-bond donors (Lipinski definition) is 1. The molecule has 1 rings (SSSR count). The molecule has 0 saturated heterocycles. The Hall–Kier alpha value is -1.12. The second-order valence-electron chi connectivity index (χ2n) is 4.48. The van der Waals surface area contributed by atoms with E-state index in [1.807, 2.05) is 6.08 Å². The molecule has 0 bridgehead atoms. The van der Waals surface area contributed by atoms with Crippen LogP contribution in [0, 0.1) is 11.3 Å². The normalized spacial score (nSPS) is 25.1. The van der Waals surface area contributed by atoms with Crippen molar-refractivity contribution in [2.24, 2.45) is 11.3 Å². The SMILES string of the molecule is CC(=O)NC1=CC(C=O)CCC1(C)C. The first kappa shape index (κ1) is 11.0. The predicted molar refractivity (Wildman–Crippen MR) is 54.5 cm³/mol. The molecule has 0 fully saturated rings. The Morgan fingerprint density at radius 2 is 2.29 bits per heavy atom. The van der Waals surface area contributed by atoms with E-state index in [9.17, 15) is 9.59 Å². The number of carbonyl (C=O) groups is 2. The average Bonchev–Trinajstić information content (AvgIpc) is 2.08. The highest BCUT2D eigenvalue weighted by Gasteiger charge is 2.29. The van der Waals surface area contributed by atoms with Gasteiger partial charge in [-0.1, -0.05) is 19.9 Å². The molecule has 0 radical (unpaired) electrons. The van der Waals surface area contributed by atoms with E-state index in [1.165, 1.54) is 6.92 Å². The predicted octanol–water partition coefficient (Wildman–Crippen LogP) is 1.64. The molecule has 0 spiro atoms. The van der Waals surface area contributed by atoms with E-state index in [-0.39, 0.29) is 17.2 Å². The second kappa shape index (κ2) is 3.95. The van der Waals surface area contributed by atoms with Gasteiger partial charge in [0.2, 0.25) is 5.91 Å². The van der Waals surface area contributed by atoms with Crippen LogP contribution in [-0.2, 0) is 9.59 Å². The summed E-state index contributed by atoms with van der Waals surface area (Å²) >= 11 is 0. The van der Waals surface area contributed by atoms with E-state index in [2.05, 4.69) is 19.2 Å². The van der Waals surface area contributed by atoms with E-state index >= 15 is 0 Å². The Bertz CT molecular complexity index is 279. The van der Waals surface area contributed by atoms with Crippen LogP contribution in [0.2, 0.25) is 0 Å². The smallest absolute Gasteiger partial charge is 0.221 e. The van der Waals surface area contributed by atoms with Crippen LogP contribution in [0.3, 0.4) is 0 Å². The van der Waals surface area contributed by atoms with Crippen molar-refractivity contribution in [1.82, 2.24) is 5.32 Å². The van der Waals surface area contributed by atoms with Gasteiger partial charge in [0.1, 0.15) is 6.29 Å². The summed E-state index contributed by atoms with van der Waals surface area (Å²) in [5.74, 6) is -0.110. The van der Waals surface area contributed by atoms with Crippen LogP contribution in [0.4, 0.5) is 0 Å². The van der Waals surface area contributed by atoms with Crippen molar-refractivity contribution in [1.29, 1.82) is 0 Å². The maximum absolute atomic E-state index is 11.0. The fourth-order valence-corrected chi connectivity index (χ4v) is 1.69. The van der Waals surface area contributed by atoms with Gasteiger partial charge in [0.15, 0.2) is 0 Å². The zero-order chi connectivity index (χ0) is 10.8. The number of nitrogens with one attached hydrogen (secondary N) is 1. The molecule has 1 unspecified atom stereocenters. The summed E-state index contributed by atoms with van der Waals surface area (Å²) < 4.78 is 0. The maximum atomic E-state index is 11.0. The van der Waals surface area contributed by atoms with Gasteiger partial charge in [0, 0.05) is 24.0 Å². The van der Waals surface area contributed by atoms with E-state index in [1.54, 1.807) is 0 Å². The third-order valence-corrected chi connectivity index (χ3v) is 2.70. The molecule has 0 aromatic heterocycles. The van der Waals surface area contributed by atoms with Crippen LogP contribution >= 0.6 is 0 Å². The summed E-state index contributed by atoms with van der Waals surface area (Å²) in [6.45, 7) is 5.65. The lowest BCUT2D eigenvalue weighted by Gasteiger charge is -2.33.